The third-order valence-electron chi connectivity index (χ3n) is 8.06. The molecule has 0 aromatic rings. The molecule has 43 heavy (non-hydrogen) atoms. The molecule has 11 heteroatoms. The van der Waals surface area contributed by atoms with Crippen LogP contribution in [0.5, 0.6) is 0 Å². The van der Waals surface area contributed by atoms with E-state index in [9.17, 15) is 24.3 Å². The third-order valence-corrected chi connectivity index (χ3v) is 8.06. The molecule has 0 saturated heterocycles. The van der Waals surface area contributed by atoms with Crippen LogP contribution in [0, 0.1) is 17.8 Å². The summed E-state index contributed by atoms with van der Waals surface area (Å²) in [6.45, 7) is 7.65. The molecule has 0 aromatic carbocycles. The van der Waals surface area contributed by atoms with Crippen molar-refractivity contribution in [3.63, 3.8) is 0 Å². The number of Topliss-reactive ketones (excluding diaryl/α,β-unsaturated/α-hetero) is 1. The summed E-state index contributed by atoms with van der Waals surface area (Å²) in [5.74, 6) is -1.47. The van der Waals surface area contributed by atoms with Gasteiger partial charge in [0, 0.05) is 43.9 Å². The number of allylic oxidation sites excluding steroid dienone is 4. The number of hydrogen-bond donors (Lipinski definition) is 4. The van der Waals surface area contributed by atoms with Crippen molar-refractivity contribution in [2.24, 2.45) is 23.5 Å². The molecule has 1 heterocycles. The molecule has 236 valence electrons. The van der Waals surface area contributed by atoms with Crippen molar-refractivity contribution in [3.8, 4) is 0 Å². The molecule has 1 aliphatic heterocycles. The van der Waals surface area contributed by atoms with Crippen LogP contribution < -0.4 is 16.4 Å². The van der Waals surface area contributed by atoms with Gasteiger partial charge in [-0.2, -0.15) is 0 Å². The molecule has 1 saturated carbocycles. The fraction of sp³-hybridized carbons (Fsp3) is 0.562. The lowest BCUT2D eigenvalue weighted by Gasteiger charge is -2.30. The predicted octanol–water partition coefficient (Wildman–Crippen LogP) is 2.76. The van der Waals surface area contributed by atoms with Crippen LogP contribution >= 0.6 is 0 Å². The molecule has 2 bridgehead atoms. The van der Waals surface area contributed by atoms with E-state index in [0.717, 1.165) is 12.8 Å². The van der Waals surface area contributed by atoms with Crippen molar-refractivity contribution in [3.05, 3.63) is 58.5 Å². The van der Waals surface area contributed by atoms with E-state index in [0.29, 0.717) is 30.0 Å². The highest BCUT2D eigenvalue weighted by Crippen LogP contribution is 2.31. The van der Waals surface area contributed by atoms with Gasteiger partial charge >= 0.3 is 6.09 Å². The molecule has 3 aliphatic rings. The van der Waals surface area contributed by atoms with Crippen LogP contribution in [0.4, 0.5) is 4.79 Å². The van der Waals surface area contributed by atoms with Crippen molar-refractivity contribution in [2.75, 3.05) is 20.8 Å². The summed E-state index contributed by atoms with van der Waals surface area (Å²) in [6, 6.07) is 0. The number of fused-ring (bicyclic) bond motifs is 2. The first-order valence-corrected chi connectivity index (χ1v) is 14.7. The van der Waals surface area contributed by atoms with Crippen molar-refractivity contribution >= 4 is 23.6 Å². The molecule has 0 radical (unpaired) electrons. The molecule has 2 amide bonds. The van der Waals surface area contributed by atoms with Gasteiger partial charge in [-0.05, 0) is 56.9 Å². The maximum Gasteiger partial charge on any atom is 0.405 e. The monoisotopic (exact) mass is 599 g/mol. The fourth-order valence-electron chi connectivity index (χ4n) is 5.35. The van der Waals surface area contributed by atoms with Crippen LogP contribution in [0.1, 0.15) is 53.4 Å². The molecule has 0 spiro atoms. The minimum atomic E-state index is -0.992. The van der Waals surface area contributed by atoms with E-state index in [1.807, 2.05) is 13.8 Å². The molecule has 3 rings (SSSR count). The summed E-state index contributed by atoms with van der Waals surface area (Å²) in [4.78, 5) is 51.6. The van der Waals surface area contributed by atoms with Crippen LogP contribution in [-0.4, -0.2) is 73.9 Å². The average Bonchev–Trinajstić information content (AvgIpc) is 3.78. The highest BCUT2D eigenvalue weighted by atomic mass is 16.6. The lowest BCUT2D eigenvalue weighted by molar-refractivity contribution is -0.120. The normalized spacial score (nSPS) is 33.0. The maximum atomic E-state index is 13.7. The Bertz CT molecular complexity index is 1240. The number of aliphatic hydroxyl groups excluding tert-OH is 1. The predicted molar refractivity (Wildman–Crippen MR) is 160 cm³/mol. The Labute approximate surface area is 253 Å². The lowest BCUT2D eigenvalue weighted by atomic mass is 9.85. The van der Waals surface area contributed by atoms with Gasteiger partial charge in [0.1, 0.15) is 6.10 Å². The quantitative estimate of drug-likeness (QED) is 0.265. The number of ketones is 2. The van der Waals surface area contributed by atoms with Crippen LogP contribution in [0.3, 0.4) is 0 Å². The molecule has 0 aromatic heterocycles. The molecule has 5 N–H and O–H groups in total. The van der Waals surface area contributed by atoms with E-state index in [4.69, 9.17) is 19.9 Å². The largest absolute Gasteiger partial charge is 0.439 e. The summed E-state index contributed by atoms with van der Waals surface area (Å²) in [5, 5.41) is 17.1. The van der Waals surface area contributed by atoms with Crippen LogP contribution in [0.15, 0.2) is 58.5 Å². The number of nitrogens with two attached hydrogens (primary N) is 1. The zero-order valence-corrected chi connectivity index (χ0v) is 25.8. The van der Waals surface area contributed by atoms with Crippen LogP contribution in [-0.2, 0) is 28.6 Å². The molecule has 1 fully saturated rings. The first kappa shape index (κ1) is 34.0. The highest BCUT2D eigenvalue weighted by Gasteiger charge is 2.34. The number of nitrogens with one attached hydrogen (secondary N) is 2. The van der Waals surface area contributed by atoms with Gasteiger partial charge in [-0.3, -0.25) is 14.4 Å². The van der Waals surface area contributed by atoms with Gasteiger partial charge < -0.3 is 35.7 Å². The highest BCUT2D eigenvalue weighted by molar-refractivity contribution is 6.23. The zero-order valence-electron chi connectivity index (χ0n) is 25.8. The van der Waals surface area contributed by atoms with Gasteiger partial charge in [0.25, 0.3) is 5.91 Å². The number of hydrogen-bond acceptors (Lipinski definition) is 9. The van der Waals surface area contributed by atoms with Crippen LogP contribution in [0.2, 0.25) is 0 Å². The van der Waals surface area contributed by atoms with Crippen molar-refractivity contribution < 1.29 is 38.5 Å². The summed E-state index contributed by atoms with van der Waals surface area (Å²) < 4.78 is 16.6. The Morgan fingerprint density at radius 2 is 1.84 bits per heavy atom. The van der Waals surface area contributed by atoms with Gasteiger partial charge in [0.2, 0.25) is 11.6 Å². The molecule has 6 atom stereocenters. The SMILES string of the molecule is CO[C@H]1/C=C\C=C(/C)C(=O)NC2=CC(=O)C(NCC3CC3)=C(C[C@@H](C)C[C@H](OC)[C@H](O)[C@@H](C)/C=C(\C)[C@@H]1OC(N)=O)C2=O. The number of carbonyl (C=O) groups is 4. The maximum absolute atomic E-state index is 13.7. The molecular weight excluding hydrogens is 554 g/mol. The minimum Gasteiger partial charge on any atom is -0.439 e. The van der Waals surface area contributed by atoms with E-state index in [1.54, 1.807) is 32.1 Å². The first-order valence-electron chi connectivity index (χ1n) is 14.7. The van der Waals surface area contributed by atoms with Gasteiger partial charge in [0.05, 0.1) is 23.6 Å². The van der Waals surface area contributed by atoms with Gasteiger partial charge in [-0.1, -0.05) is 38.2 Å². The number of aliphatic hydroxyl groups is 1. The zero-order chi connectivity index (χ0) is 31.8. The second-order valence-corrected chi connectivity index (χ2v) is 11.8. The Balaban J connectivity index is 2.04. The van der Waals surface area contributed by atoms with Crippen molar-refractivity contribution in [2.45, 2.75) is 77.8 Å². The second-order valence-electron chi connectivity index (χ2n) is 11.8. The lowest BCUT2D eigenvalue weighted by Crippen LogP contribution is -2.38. The number of methoxy groups -OCH3 is 2. The van der Waals surface area contributed by atoms with Gasteiger partial charge in [0.15, 0.2) is 6.10 Å². The van der Waals surface area contributed by atoms with Gasteiger partial charge in [-0.15, -0.1) is 0 Å². The summed E-state index contributed by atoms with van der Waals surface area (Å²) in [7, 11) is 2.95. The number of primary amides is 1. The number of ether oxygens (including phenoxy) is 3. The summed E-state index contributed by atoms with van der Waals surface area (Å²) in [6.07, 6.45) is 6.18. The molecule has 0 unspecified atom stereocenters. The van der Waals surface area contributed by atoms with E-state index in [2.05, 4.69) is 10.6 Å². The molecular formula is C32H45N3O8. The van der Waals surface area contributed by atoms with Crippen molar-refractivity contribution in [1.29, 1.82) is 0 Å². The van der Waals surface area contributed by atoms with Crippen molar-refractivity contribution in [1.82, 2.24) is 10.6 Å². The minimum absolute atomic E-state index is 0.0923. The number of rotatable bonds is 6. The summed E-state index contributed by atoms with van der Waals surface area (Å²) >= 11 is 0. The Hall–Kier alpha value is -3.54. The average molecular weight is 600 g/mol. The molecule has 2 aliphatic carbocycles. The number of amides is 2. The van der Waals surface area contributed by atoms with Crippen LogP contribution in [0.25, 0.3) is 0 Å². The smallest absolute Gasteiger partial charge is 0.405 e. The fourth-order valence-corrected chi connectivity index (χ4v) is 5.35. The number of carbonyl (C=O) groups excluding carboxylic acids is 4. The van der Waals surface area contributed by atoms with E-state index in [-0.39, 0.29) is 35.1 Å². The van der Waals surface area contributed by atoms with Gasteiger partial charge in [-0.25, -0.2) is 4.79 Å². The molecule has 11 nitrogen and oxygen atoms in total. The van der Waals surface area contributed by atoms with E-state index < -0.39 is 48.1 Å². The Morgan fingerprint density at radius 1 is 1.14 bits per heavy atom. The third kappa shape index (κ3) is 9.22. The topological polar surface area (TPSA) is 166 Å². The van der Waals surface area contributed by atoms with E-state index in [1.165, 1.54) is 26.4 Å². The Kier molecular flexibility index (Phi) is 12.1. The van der Waals surface area contributed by atoms with E-state index >= 15 is 0 Å². The Morgan fingerprint density at radius 3 is 2.44 bits per heavy atom. The standard InChI is InChI=1S/C32H45N3O8/c1-17-12-22-27(34-16-21-10-11-21)24(36)15-23(29(22)38)35-31(39)18(2)8-7-9-25(41-5)30(43-32(33)40)20(4)14-19(3)28(37)26(13-17)42-6/h7-9,14-15,17,19,21,25-26,28,30,34,37H,10-13,16H2,1-6H3,(H2,33,40)(H,35,39)/b9-7-,18-8+,20-14+/t17-,19+,25+,26+,28-,30+/m1/s1. The second kappa shape index (κ2) is 15.3. The first-order chi connectivity index (χ1) is 20.4. The summed E-state index contributed by atoms with van der Waals surface area (Å²) in [5.41, 5.74) is 6.69.